The Hall–Kier alpha value is -1.48. The molecule has 0 radical (unpaired) electrons. The van der Waals surface area contributed by atoms with Crippen molar-refractivity contribution in [3.8, 4) is 5.75 Å². The Morgan fingerprint density at radius 2 is 1.95 bits per heavy atom. The Kier molecular flexibility index (Phi) is 5.29. The fourth-order valence-electron chi connectivity index (χ4n) is 2.68. The van der Waals surface area contributed by atoms with E-state index in [1.165, 1.54) is 16.5 Å². The van der Waals surface area contributed by atoms with Gasteiger partial charge in [0.15, 0.2) is 11.3 Å². The highest BCUT2D eigenvalue weighted by molar-refractivity contribution is 5.88. The molecule has 0 amide bonds. The van der Waals surface area contributed by atoms with Gasteiger partial charge in [0.1, 0.15) is 5.76 Å². The topological polar surface area (TPSA) is 34.4 Å². The molecule has 0 atom stereocenters. The van der Waals surface area contributed by atoms with Crippen LogP contribution in [0.15, 0.2) is 16.5 Å². The predicted molar refractivity (Wildman–Crippen MR) is 88.1 cm³/mol. The minimum atomic E-state index is 0.640. The maximum Gasteiger partial charge on any atom is 0.176 e. The molecule has 0 saturated carbocycles. The zero-order chi connectivity index (χ0) is 15.4. The number of rotatable bonds is 7. The highest BCUT2D eigenvalue weighted by Crippen LogP contribution is 2.34. The molecule has 0 fully saturated rings. The summed E-state index contributed by atoms with van der Waals surface area (Å²) in [6.07, 6.45) is 1.98. The number of fused-ring (bicyclic) bond motifs is 1. The fraction of sp³-hybridized carbons (Fsp3) is 0.556. The first kappa shape index (κ1) is 15.9. The fourth-order valence-corrected chi connectivity index (χ4v) is 2.68. The molecule has 0 bridgehead atoms. The Balaban J connectivity index is 2.42. The second-order valence-electron chi connectivity index (χ2n) is 5.91. The molecule has 0 unspecified atom stereocenters. The van der Waals surface area contributed by atoms with Crippen molar-refractivity contribution in [2.45, 2.75) is 47.1 Å². The number of nitrogens with one attached hydrogen (secondary N) is 1. The van der Waals surface area contributed by atoms with E-state index in [0.29, 0.717) is 5.92 Å². The van der Waals surface area contributed by atoms with E-state index in [4.69, 9.17) is 9.15 Å². The first-order valence-electron chi connectivity index (χ1n) is 7.92. The molecule has 3 heteroatoms. The molecule has 1 heterocycles. The van der Waals surface area contributed by atoms with Crippen molar-refractivity contribution < 1.29 is 9.15 Å². The lowest BCUT2D eigenvalue weighted by molar-refractivity contribution is 0.404. The second-order valence-corrected chi connectivity index (χ2v) is 5.91. The van der Waals surface area contributed by atoms with Crippen LogP contribution in [0.4, 0.5) is 0 Å². The normalized spacial score (nSPS) is 11.5. The monoisotopic (exact) mass is 289 g/mol. The molecule has 2 rings (SSSR count). The number of methoxy groups -OCH3 is 1. The maximum absolute atomic E-state index is 6.11. The van der Waals surface area contributed by atoms with Gasteiger partial charge in [-0.1, -0.05) is 27.7 Å². The van der Waals surface area contributed by atoms with Crippen LogP contribution in [0.3, 0.4) is 0 Å². The molecule has 1 N–H and O–H groups in total. The first-order chi connectivity index (χ1) is 10.1. The van der Waals surface area contributed by atoms with Crippen molar-refractivity contribution in [2.24, 2.45) is 5.92 Å². The summed E-state index contributed by atoms with van der Waals surface area (Å²) in [5.41, 5.74) is 3.47. The van der Waals surface area contributed by atoms with Crippen molar-refractivity contribution in [1.29, 1.82) is 0 Å². The SMILES string of the molecule is CCc1cc(OC)c2oc(CNCC(C)C)c(CC)c2c1. The number of hydrogen-bond acceptors (Lipinski definition) is 3. The van der Waals surface area contributed by atoms with Gasteiger partial charge in [-0.05, 0) is 43.0 Å². The molecule has 0 aliphatic heterocycles. The summed E-state index contributed by atoms with van der Waals surface area (Å²) >= 11 is 0. The van der Waals surface area contributed by atoms with Crippen LogP contribution in [-0.4, -0.2) is 13.7 Å². The minimum Gasteiger partial charge on any atom is -0.493 e. The highest BCUT2D eigenvalue weighted by atomic mass is 16.5. The van der Waals surface area contributed by atoms with E-state index in [-0.39, 0.29) is 0 Å². The largest absolute Gasteiger partial charge is 0.493 e. The van der Waals surface area contributed by atoms with E-state index in [1.54, 1.807) is 7.11 Å². The van der Waals surface area contributed by atoms with Crippen LogP contribution in [0.25, 0.3) is 11.0 Å². The molecular weight excluding hydrogens is 262 g/mol. The van der Waals surface area contributed by atoms with E-state index in [2.05, 4.69) is 45.1 Å². The van der Waals surface area contributed by atoms with Gasteiger partial charge in [-0.2, -0.15) is 0 Å². The lowest BCUT2D eigenvalue weighted by atomic mass is 10.0. The average Bonchev–Trinajstić information content (AvgIpc) is 2.83. The maximum atomic E-state index is 6.11. The molecule has 1 aromatic heterocycles. The summed E-state index contributed by atoms with van der Waals surface area (Å²) < 4.78 is 11.6. The molecule has 2 aromatic rings. The molecule has 0 spiro atoms. The van der Waals surface area contributed by atoms with Gasteiger partial charge in [-0.15, -0.1) is 0 Å². The van der Waals surface area contributed by atoms with E-state index < -0.39 is 0 Å². The second kappa shape index (κ2) is 6.99. The van der Waals surface area contributed by atoms with Crippen molar-refractivity contribution in [2.75, 3.05) is 13.7 Å². The Morgan fingerprint density at radius 3 is 2.52 bits per heavy atom. The van der Waals surface area contributed by atoms with Crippen LogP contribution in [0.1, 0.15) is 44.6 Å². The summed E-state index contributed by atoms with van der Waals surface area (Å²) in [4.78, 5) is 0. The van der Waals surface area contributed by atoms with Crippen LogP contribution in [0, 0.1) is 5.92 Å². The molecule has 0 saturated heterocycles. The van der Waals surface area contributed by atoms with Crippen molar-refractivity contribution in [3.05, 3.63) is 29.0 Å². The van der Waals surface area contributed by atoms with Crippen molar-refractivity contribution in [1.82, 2.24) is 5.32 Å². The number of hydrogen-bond donors (Lipinski definition) is 1. The molecule has 0 aliphatic rings. The summed E-state index contributed by atoms with van der Waals surface area (Å²) in [7, 11) is 1.71. The van der Waals surface area contributed by atoms with Crippen LogP contribution < -0.4 is 10.1 Å². The number of furan rings is 1. The first-order valence-corrected chi connectivity index (χ1v) is 7.92. The Bertz CT molecular complexity index is 599. The summed E-state index contributed by atoms with van der Waals surface area (Å²) in [5, 5.41) is 4.67. The van der Waals surface area contributed by atoms with Crippen LogP contribution in [0.2, 0.25) is 0 Å². The third-order valence-electron chi connectivity index (χ3n) is 3.82. The van der Waals surface area contributed by atoms with Gasteiger partial charge in [-0.3, -0.25) is 0 Å². The van der Waals surface area contributed by atoms with Crippen molar-refractivity contribution >= 4 is 11.0 Å². The van der Waals surface area contributed by atoms with Gasteiger partial charge >= 0.3 is 0 Å². The zero-order valence-corrected chi connectivity index (χ0v) is 13.9. The van der Waals surface area contributed by atoms with Gasteiger partial charge in [0.05, 0.1) is 13.7 Å². The van der Waals surface area contributed by atoms with E-state index in [1.807, 2.05) is 0 Å². The average molecular weight is 289 g/mol. The molecule has 3 nitrogen and oxygen atoms in total. The lowest BCUT2D eigenvalue weighted by Crippen LogP contribution is -2.19. The van der Waals surface area contributed by atoms with Crippen LogP contribution in [0.5, 0.6) is 5.75 Å². The van der Waals surface area contributed by atoms with Gasteiger partial charge < -0.3 is 14.5 Å². The van der Waals surface area contributed by atoms with Gasteiger partial charge in [0, 0.05) is 10.9 Å². The lowest BCUT2D eigenvalue weighted by Gasteiger charge is -2.06. The quantitative estimate of drug-likeness (QED) is 0.824. The summed E-state index contributed by atoms with van der Waals surface area (Å²) in [6, 6.07) is 4.32. The Labute approximate surface area is 127 Å². The van der Waals surface area contributed by atoms with Gasteiger partial charge in [-0.25, -0.2) is 0 Å². The molecular formula is C18H27NO2. The standard InChI is InChI=1S/C18H27NO2/c1-6-13-8-15-14(7-2)17(11-19-10-12(3)4)21-18(15)16(9-13)20-5/h8-9,12,19H,6-7,10-11H2,1-5H3. The third-order valence-corrected chi connectivity index (χ3v) is 3.82. The minimum absolute atomic E-state index is 0.640. The number of aryl methyl sites for hydroxylation is 2. The number of benzene rings is 1. The van der Waals surface area contributed by atoms with Crippen LogP contribution >= 0.6 is 0 Å². The third kappa shape index (κ3) is 3.41. The zero-order valence-electron chi connectivity index (χ0n) is 13.9. The highest BCUT2D eigenvalue weighted by Gasteiger charge is 2.17. The van der Waals surface area contributed by atoms with Crippen molar-refractivity contribution in [3.63, 3.8) is 0 Å². The predicted octanol–water partition coefficient (Wildman–Crippen LogP) is 4.31. The van der Waals surface area contributed by atoms with E-state index in [9.17, 15) is 0 Å². The van der Waals surface area contributed by atoms with E-state index >= 15 is 0 Å². The molecule has 116 valence electrons. The molecule has 21 heavy (non-hydrogen) atoms. The summed E-state index contributed by atoms with van der Waals surface area (Å²) in [5.74, 6) is 2.52. The number of ether oxygens (including phenoxy) is 1. The van der Waals surface area contributed by atoms with Gasteiger partial charge in [0.25, 0.3) is 0 Å². The molecule has 0 aliphatic carbocycles. The molecule has 1 aromatic carbocycles. The smallest absolute Gasteiger partial charge is 0.176 e. The van der Waals surface area contributed by atoms with E-state index in [0.717, 1.165) is 43.0 Å². The van der Waals surface area contributed by atoms with Crippen LogP contribution in [-0.2, 0) is 19.4 Å². The Morgan fingerprint density at radius 1 is 1.19 bits per heavy atom. The summed E-state index contributed by atoms with van der Waals surface area (Å²) in [6.45, 7) is 10.5. The van der Waals surface area contributed by atoms with Gasteiger partial charge in [0.2, 0.25) is 0 Å².